The highest BCUT2D eigenvalue weighted by Crippen LogP contribution is 2.20. The number of aliphatic hydroxyl groups is 1. The van der Waals surface area contributed by atoms with Gasteiger partial charge in [0.2, 0.25) is 0 Å². The summed E-state index contributed by atoms with van der Waals surface area (Å²) >= 11 is 2.78. The highest BCUT2D eigenvalue weighted by atomic mass is 79.9. The summed E-state index contributed by atoms with van der Waals surface area (Å²) in [4.78, 5) is 3.44. The molecule has 1 aromatic rings. The predicted octanol–water partition coefficient (Wildman–Crippen LogP) is 2.07. The summed E-state index contributed by atoms with van der Waals surface area (Å²) in [5.41, 5.74) is -4.40. The third kappa shape index (κ3) is 2.27. The molecule has 0 atom stereocenters. The van der Waals surface area contributed by atoms with Crippen molar-refractivity contribution < 1.29 is 17.4 Å². The second-order valence-electron chi connectivity index (χ2n) is 1.85. The standard InChI is InChI=1S/C8H10BrNO/c1-8(2,11)6-3-4-10-7(9)5-6/h3-5,11H,1-2H3/i1D3,2D3,3D,4D,5D. The molecule has 0 spiro atoms. The number of hydrogen-bond donors (Lipinski definition) is 1. The minimum absolute atomic E-state index is 0.319. The molecule has 0 unspecified atom stereocenters. The topological polar surface area (TPSA) is 33.1 Å². The van der Waals surface area contributed by atoms with Gasteiger partial charge in [-0.1, -0.05) is 0 Å². The first kappa shape index (κ1) is 2.54. The highest BCUT2D eigenvalue weighted by Gasteiger charge is 2.15. The monoisotopic (exact) mass is 224 g/mol. The van der Waals surface area contributed by atoms with Gasteiger partial charge in [-0.3, -0.25) is 0 Å². The van der Waals surface area contributed by atoms with Crippen molar-refractivity contribution in [2.75, 3.05) is 0 Å². The Morgan fingerprint density at radius 1 is 1.82 bits per heavy atom. The van der Waals surface area contributed by atoms with E-state index in [-0.39, 0.29) is 4.60 Å². The largest absolute Gasteiger partial charge is 0.386 e. The normalized spacial score (nSPS) is 25.8. The molecule has 0 aliphatic rings. The van der Waals surface area contributed by atoms with Gasteiger partial charge in [0.25, 0.3) is 0 Å². The molecular weight excluding hydrogens is 206 g/mol. The second-order valence-corrected chi connectivity index (χ2v) is 2.60. The maximum atomic E-state index is 10.3. The molecular formula is C8H10BrNO. The Labute approximate surface area is 87.1 Å². The van der Waals surface area contributed by atoms with Gasteiger partial charge in [0, 0.05) is 14.4 Å². The van der Waals surface area contributed by atoms with Crippen LogP contribution in [0.3, 0.4) is 0 Å². The molecule has 1 aromatic heterocycles. The highest BCUT2D eigenvalue weighted by molar-refractivity contribution is 9.10. The molecule has 2 nitrogen and oxygen atoms in total. The van der Waals surface area contributed by atoms with Gasteiger partial charge in [0.1, 0.15) is 4.60 Å². The number of rotatable bonds is 1. The lowest BCUT2D eigenvalue weighted by molar-refractivity contribution is 0.0784. The smallest absolute Gasteiger partial charge is 0.106 e. The Morgan fingerprint density at radius 3 is 3.18 bits per heavy atom. The molecule has 1 rings (SSSR count). The second kappa shape index (κ2) is 2.91. The first-order valence-electron chi connectivity index (χ1n) is 7.11. The average Bonchev–Trinajstić information content (AvgIpc) is 2.23. The van der Waals surface area contributed by atoms with Crippen molar-refractivity contribution in [2.24, 2.45) is 0 Å². The average molecular weight is 225 g/mol. The van der Waals surface area contributed by atoms with Crippen LogP contribution < -0.4 is 0 Å². The Kier molecular flexibility index (Phi) is 0.672. The number of nitrogens with zero attached hydrogens (tertiary/aromatic N) is 1. The summed E-state index contributed by atoms with van der Waals surface area (Å²) in [6.07, 6.45) is -0.741. The summed E-state index contributed by atoms with van der Waals surface area (Å²) in [6, 6.07) is -1.66. The number of halogens is 1. The third-order valence-electron chi connectivity index (χ3n) is 0.925. The quantitative estimate of drug-likeness (QED) is 0.742. The molecule has 3 heteroatoms. The van der Waals surface area contributed by atoms with Gasteiger partial charge >= 0.3 is 0 Å². The minimum Gasteiger partial charge on any atom is -0.386 e. The molecule has 0 radical (unpaired) electrons. The lowest BCUT2D eigenvalue weighted by Gasteiger charge is -2.17. The van der Waals surface area contributed by atoms with Crippen LogP contribution in [0, 0.1) is 0 Å². The molecule has 0 aliphatic heterocycles. The number of pyridine rings is 1. The molecule has 11 heavy (non-hydrogen) atoms. The van der Waals surface area contributed by atoms with Crippen LogP contribution in [0.4, 0.5) is 0 Å². The van der Waals surface area contributed by atoms with Gasteiger partial charge in [-0.25, -0.2) is 4.98 Å². The van der Waals surface area contributed by atoms with Crippen molar-refractivity contribution in [1.29, 1.82) is 0 Å². The van der Waals surface area contributed by atoms with Crippen LogP contribution >= 0.6 is 15.9 Å². The van der Waals surface area contributed by atoms with Crippen LogP contribution in [0.5, 0.6) is 0 Å². The zero-order valence-corrected chi connectivity index (χ0v) is 6.86. The van der Waals surface area contributed by atoms with Gasteiger partial charge < -0.3 is 5.11 Å². The lowest BCUT2D eigenvalue weighted by atomic mass is 10.0. The van der Waals surface area contributed by atoms with E-state index in [1.807, 2.05) is 0 Å². The SMILES string of the molecule is [2H]c1nc(Br)c([2H])c(C(O)(C([2H])([2H])[2H])C([2H])([2H])[2H])c1[2H]. The molecule has 0 amide bonds. The fourth-order valence-electron chi connectivity index (χ4n) is 0.476. The number of aromatic nitrogens is 1. The first-order chi connectivity index (χ1) is 8.75. The Bertz CT molecular complexity index is 498. The van der Waals surface area contributed by atoms with E-state index in [0.717, 1.165) is 0 Å². The van der Waals surface area contributed by atoms with Crippen LogP contribution in [0.15, 0.2) is 22.9 Å². The van der Waals surface area contributed by atoms with Gasteiger partial charge in [-0.2, -0.15) is 0 Å². The van der Waals surface area contributed by atoms with Crippen molar-refractivity contribution in [1.82, 2.24) is 4.98 Å². The van der Waals surface area contributed by atoms with E-state index >= 15 is 0 Å². The molecule has 60 valence electrons. The summed E-state index contributed by atoms with van der Waals surface area (Å²) in [5, 5.41) is 10.3. The maximum Gasteiger partial charge on any atom is 0.106 e. The van der Waals surface area contributed by atoms with E-state index in [4.69, 9.17) is 12.3 Å². The third-order valence-corrected chi connectivity index (χ3v) is 1.30. The molecule has 0 aliphatic carbocycles. The summed E-state index contributed by atoms with van der Waals surface area (Å²) in [6.45, 7) is -6.84. The minimum atomic E-state index is -3.44. The number of hydrogen-bond acceptors (Lipinski definition) is 2. The van der Waals surface area contributed by atoms with Gasteiger partial charge in [0.15, 0.2) is 0 Å². The fraction of sp³-hybridized carbons (Fsp3) is 0.375. The van der Waals surface area contributed by atoms with Crippen LogP contribution in [0.25, 0.3) is 0 Å². The van der Waals surface area contributed by atoms with E-state index in [9.17, 15) is 5.11 Å². The van der Waals surface area contributed by atoms with Crippen molar-refractivity contribution >= 4 is 15.9 Å². The van der Waals surface area contributed by atoms with Gasteiger partial charge in [0.05, 0.1) is 9.71 Å². The zero-order chi connectivity index (χ0) is 16.1. The summed E-state index contributed by atoms with van der Waals surface area (Å²) in [7, 11) is 0. The molecule has 0 bridgehead atoms. The van der Waals surface area contributed by atoms with E-state index in [1.54, 1.807) is 0 Å². The van der Waals surface area contributed by atoms with Gasteiger partial charge in [-0.15, -0.1) is 0 Å². The van der Waals surface area contributed by atoms with Crippen LogP contribution in [0.2, 0.25) is 0 Å². The van der Waals surface area contributed by atoms with Crippen molar-refractivity contribution in [3.05, 3.63) is 28.4 Å². The van der Waals surface area contributed by atoms with E-state index < -0.39 is 43.1 Å². The van der Waals surface area contributed by atoms with Crippen molar-refractivity contribution in [3.63, 3.8) is 0 Å². The molecule has 0 saturated carbocycles. The first-order valence-corrected chi connectivity index (χ1v) is 3.40. The summed E-state index contributed by atoms with van der Waals surface area (Å²) < 4.78 is 66.0. The van der Waals surface area contributed by atoms with Crippen molar-refractivity contribution in [2.45, 2.75) is 19.3 Å². The van der Waals surface area contributed by atoms with Crippen LogP contribution in [0.1, 0.15) is 31.6 Å². The van der Waals surface area contributed by atoms with Crippen LogP contribution in [-0.4, -0.2) is 10.1 Å². The summed E-state index contributed by atoms with van der Waals surface area (Å²) in [5.74, 6) is 0. The Balaban J connectivity index is 3.87. The molecule has 0 fully saturated rings. The molecule has 1 N–H and O–H groups in total. The Morgan fingerprint density at radius 2 is 2.55 bits per heavy atom. The van der Waals surface area contributed by atoms with E-state index in [0.29, 0.717) is 0 Å². The predicted molar refractivity (Wildman–Crippen MR) is 47.2 cm³/mol. The van der Waals surface area contributed by atoms with E-state index in [1.165, 1.54) is 0 Å². The maximum absolute atomic E-state index is 10.3. The van der Waals surface area contributed by atoms with Crippen molar-refractivity contribution in [3.8, 4) is 0 Å². The van der Waals surface area contributed by atoms with E-state index in [2.05, 4.69) is 20.9 Å². The molecule has 0 saturated heterocycles. The fourth-order valence-corrected chi connectivity index (χ4v) is 0.763. The zero-order valence-electron chi connectivity index (χ0n) is 14.3. The molecule has 0 aromatic carbocycles. The lowest BCUT2D eigenvalue weighted by Crippen LogP contribution is -2.15. The van der Waals surface area contributed by atoms with Gasteiger partial charge in [-0.05, 0) is 47.3 Å². The Hall–Kier alpha value is -0.410. The van der Waals surface area contributed by atoms with Crippen LogP contribution in [-0.2, 0) is 5.60 Å². The molecule has 1 heterocycles.